The maximum Gasteiger partial charge on any atom is 0.242 e. The average Bonchev–Trinajstić information content (AvgIpc) is 3.26. The molecule has 9 heteroatoms. The number of fused-ring (bicyclic) bond motifs is 1. The number of nitrogens with zero attached hydrogens (tertiary/aromatic N) is 2. The van der Waals surface area contributed by atoms with E-state index in [-0.39, 0.29) is 24.3 Å². The zero-order valence-corrected chi connectivity index (χ0v) is 23.8. The molecule has 0 saturated carbocycles. The van der Waals surface area contributed by atoms with Gasteiger partial charge in [-0.2, -0.15) is 0 Å². The van der Waals surface area contributed by atoms with Crippen molar-refractivity contribution < 1.29 is 9.59 Å². The summed E-state index contributed by atoms with van der Waals surface area (Å²) in [5.41, 5.74) is 7.86. The number of nitrogens with one attached hydrogen (secondary N) is 3. The minimum absolute atomic E-state index is 0.0695. The molecule has 206 valence electrons. The third-order valence-electron chi connectivity index (χ3n) is 5.16. The number of allylic oxidation sites excluding steroid dienone is 1. The number of carbonyl (C=O) groups excluding carboxylic acids is 2. The van der Waals surface area contributed by atoms with Gasteiger partial charge in [-0.3, -0.25) is 19.6 Å². The van der Waals surface area contributed by atoms with Gasteiger partial charge in [0.15, 0.2) is 0 Å². The van der Waals surface area contributed by atoms with E-state index in [1.165, 1.54) is 18.0 Å². The third-order valence-corrected chi connectivity index (χ3v) is 6.24. The lowest BCUT2D eigenvalue weighted by molar-refractivity contribution is -0.128. The summed E-state index contributed by atoms with van der Waals surface area (Å²) in [5, 5.41) is 10.9. The van der Waals surface area contributed by atoms with Crippen LogP contribution in [-0.4, -0.2) is 42.3 Å². The van der Waals surface area contributed by atoms with Gasteiger partial charge in [0.25, 0.3) is 0 Å². The monoisotopic (exact) mass is 538 g/mol. The molecule has 0 aliphatic carbocycles. The minimum Gasteiger partial charge on any atom is -0.354 e. The van der Waals surface area contributed by atoms with E-state index in [0.29, 0.717) is 13.1 Å². The molecule has 0 bridgehead atoms. The van der Waals surface area contributed by atoms with Crippen LogP contribution in [0.5, 0.6) is 0 Å². The molecular weight excluding hydrogens is 496 g/mol. The Kier molecular flexibility index (Phi) is 16.9. The summed E-state index contributed by atoms with van der Waals surface area (Å²) in [6.07, 6.45) is 8.11. The van der Waals surface area contributed by atoms with Crippen molar-refractivity contribution >= 4 is 29.4 Å². The van der Waals surface area contributed by atoms with Gasteiger partial charge in [-0.25, -0.2) is 0 Å². The van der Waals surface area contributed by atoms with Crippen LogP contribution in [-0.2, 0) is 16.1 Å². The fraction of sp³-hybridized carbons (Fsp3) is 0.379. The number of rotatable bonds is 5. The number of aromatic nitrogens is 1. The quantitative estimate of drug-likeness (QED) is 0.415. The molecule has 38 heavy (non-hydrogen) atoms. The van der Waals surface area contributed by atoms with E-state index < -0.39 is 0 Å². The van der Waals surface area contributed by atoms with Crippen molar-refractivity contribution in [3.8, 4) is 0 Å². The first-order valence-corrected chi connectivity index (χ1v) is 13.8. The molecule has 3 heterocycles. The summed E-state index contributed by atoms with van der Waals surface area (Å²) in [6, 6.07) is 11.9. The number of aliphatic imine (C=N–C) groups is 1. The van der Waals surface area contributed by atoms with Crippen molar-refractivity contribution in [3.63, 3.8) is 0 Å². The van der Waals surface area contributed by atoms with Gasteiger partial charge < -0.3 is 21.7 Å². The largest absolute Gasteiger partial charge is 0.354 e. The Labute approximate surface area is 231 Å². The second-order valence-corrected chi connectivity index (χ2v) is 8.88. The Balaban J connectivity index is 0.000000354. The number of amides is 2. The van der Waals surface area contributed by atoms with E-state index in [9.17, 15) is 9.59 Å². The number of thioether (sulfide) groups is 1. The molecule has 2 amide bonds. The highest BCUT2D eigenvalue weighted by atomic mass is 32.2. The van der Waals surface area contributed by atoms with Gasteiger partial charge >= 0.3 is 0 Å². The molecule has 1 atom stereocenters. The number of pyridine rings is 1. The molecule has 1 aromatic heterocycles. The van der Waals surface area contributed by atoms with E-state index >= 15 is 0 Å². The molecule has 5 N–H and O–H groups in total. The number of hydrogen-bond acceptors (Lipinski definition) is 6. The Bertz CT molecular complexity index is 1060. The number of nitrogens with two attached hydrogens (primary N) is 1. The lowest BCUT2D eigenvalue weighted by Gasteiger charge is -2.14. The summed E-state index contributed by atoms with van der Waals surface area (Å²) in [5.74, 6) is 0.713. The smallest absolute Gasteiger partial charge is 0.242 e. The van der Waals surface area contributed by atoms with E-state index in [2.05, 4.69) is 63.8 Å². The van der Waals surface area contributed by atoms with E-state index in [4.69, 9.17) is 4.99 Å². The van der Waals surface area contributed by atoms with Gasteiger partial charge in [-0.1, -0.05) is 56.0 Å². The van der Waals surface area contributed by atoms with Crippen LogP contribution in [0, 0.1) is 0 Å². The van der Waals surface area contributed by atoms with Crippen LogP contribution in [0.1, 0.15) is 57.6 Å². The molecule has 4 rings (SSSR count). The summed E-state index contributed by atoms with van der Waals surface area (Å²) in [7, 11) is 1.50. The molecule has 0 spiro atoms. The lowest BCUT2D eigenvalue weighted by Crippen LogP contribution is -2.45. The first kappa shape index (κ1) is 32.6. The fourth-order valence-corrected chi connectivity index (χ4v) is 4.26. The van der Waals surface area contributed by atoms with E-state index in [1.54, 1.807) is 18.0 Å². The molecule has 2 aromatic rings. The van der Waals surface area contributed by atoms with Crippen LogP contribution in [0.2, 0.25) is 0 Å². The Morgan fingerprint density at radius 2 is 2.00 bits per heavy atom. The van der Waals surface area contributed by atoms with Gasteiger partial charge in [0, 0.05) is 41.5 Å². The van der Waals surface area contributed by atoms with Crippen LogP contribution < -0.4 is 21.7 Å². The first-order chi connectivity index (χ1) is 18.6. The first-order valence-electron chi connectivity index (χ1n) is 13.0. The minimum atomic E-state index is -0.357. The number of benzene rings is 1. The fourth-order valence-electron chi connectivity index (χ4n) is 3.45. The number of amidine groups is 1. The average molecular weight is 539 g/mol. The van der Waals surface area contributed by atoms with Crippen molar-refractivity contribution in [2.75, 3.05) is 13.6 Å². The molecule has 1 fully saturated rings. The molecule has 1 unspecified atom stereocenters. The zero-order chi connectivity index (χ0) is 28.2. The highest BCUT2D eigenvalue weighted by Crippen LogP contribution is 2.27. The Hall–Kier alpha value is -3.43. The van der Waals surface area contributed by atoms with E-state index in [0.717, 1.165) is 41.9 Å². The van der Waals surface area contributed by atoms with E-state index in [1.807, 2.05) is 38.2 Å². The normalized spacial score (nSPS) is 16.9. The second-order valence-electron chi connectivity index (χ2n) is 7.97. The van der Waals surface area contributed by atoms with Crippen LogP contribution >= 0.6 is 11.8 Å². The summed E-state index contributed by atoms with van der Waals surface area (Å²) < 4.78 is 0. The van der Waals surface area contributed by atoms with Crippen molar-refractivity contribution in [1.29, 1.82) is 0 Å². The zero-order valence-electron chi connectivity index (χ0n) is 23.0. The number of hydrogen-bond donors (Lipinski definition) is 4. The van der Waals surface area contributed by atoms with Crippen molar-refractivity contribution in [3.05, 3.63) is 83.7 Å². The molecule has 2 aliphatic heterocycles. The molecule has 8 nitrogen and oxygen atoms in total. The van der Waals surface area contributed by atoms with Gasteiger partial charge in [0.1, 0.15) is 11.9 Å². The summed E-state index contributed by atoms with van der Waals surface area (Å²) in [6.45, 7) is 10.9. The maximum atomic E-state index is 11.4. The summed E-state index contributed by atoms with van der Waals surface area (Å²) >= 11 is 1.73. The highest BCUT2D eigenvalue weighted by molar-refractivity contribution is 8.02. The molecular formula is C29H42N6O2S. The van der Waals surface area contributed by atoms with Crippen LogP contribution in [0.25, 0.3) is 0 Å². The molecule has 0 radical (unpaired) electrons. The topological polar surface area (TPSA) is 122 Å². The third kappa shape index (κ3) is 11.7. The van der Waals surface area contributed by atoms with Crippen LogP contribution in [0.3, 0.4) is 0 Å². The van der Waals surface area contributed by atoms with Crippen molar-refractivity contribution in [2.24, 2.45) is 10.7 Å². The SMILES string of the molecule is C=CCC(=O)NC1CCCCNC1=O.CC.CC1=CSc2ccccc2C(=NCc2cccnc2)N1.CN. The molecule has 1 saturated heterocycles. The number of carbonyl (C=O) groups is 2. The van der Waals surface area contributed by atoms with Gasteiger partial charge in [0.2, 0.25) is 11.8 Å². The Morgan fingerprint density at radius 3 is 2.71 bits per heavy atom. The van der Waals surface area contributed by atoms with Crippen LogP contribution in [0.15, 0.2) is 82.4 Å². The van der Waals surface area contributed by atoms with Crippen LogP contribution in [0.4, 0.5) is 0 Å². The lowest BCUT2D eigenvalue weighted by atomic mass is 10.1. The van der Waals surface area contributed by atoms with Gasteiger partial charge in [-0.15, -0.1) is 6.58 Å². The van der Waals surface area contributed by atoms with Gasteiger partial charge in [0.05, 0.1) is 6.54 Å². The second kappa shape index (κ2) is 19.7. The standard InChI is InChI=1S/C16H15N3S.C10H16N2O2.C2H6.CH5N/c1-12-11-20-15-7-3-2-6-14(15)16(19-12)18-10-13-5-4-8-17-9-13;1-2-5-9(13)12-8-6-3-4-7-11-10(8)14;2*1-2/h2-9,11H,10H2,1H3,(H,18,19);2,8H,1,3-7H2,(H,11,14)(H,12,13);1-2H3;2H2,1H3. The predicted molar refractivity (Wildman–Crippen MR) is 159 cm³/mol. The highest BCUT2D eigenvalue weighted by Gasteiger charge is 2.21. The van der Waals surface area contributed by atoms with Crippen molar-refractivity contribution in [2.45, 2.75) is 63.9 Å². The van der Waals surface area contributed by atoms with Crippen molar-refractivity contribution in [1.82, 2.24) is 20.9 Å². The molecule has 1 aromatic carbocycles. The maximum absolute atomic E-state index is 11.4. The predicted octanol–water partition coefficient (Wildman–Crippen LogP) is 4.53. The summed E-state index contributed by atoms with van der Waals surface area (Å²) in [4.78, 5) is 32.7. The molecule has 2 aliphatic rings. The van der Waals surface area contributed by atoms with Gasteiger partial charge in [-0.05, 0) is 56.3 Å². The Morgan fingerprint density at radius 1 is 1.24 bits per heavy atom.